The Balaban J connectivity index is 1.87. The first-order valence-electron chi connectivity index (χ1n) is 8.58. The molecule has 154 valence electrons. The Hall–Kier alpha value is -3.26. The molecule has 29 heavy (non-hydrogen) atoms. The molecule has 0 aliphatic rings. The molecule has 0 spiro atoms. The van der Waals surface area contributed by atoms with Crippen molar-refractivity contribution >= 4 is 40.8 Å². The molecular weight excluding hydrogens is 400 g/mol. The standard InChI is InChI=1S/C20H21ClN2O6/c1-12-8-14(21)4-6-17(12)28-11-20(26)29-10-19(25)23-16-9-15(22-13(2)24)5-7-18(16)27-3/h4-9H,10-11H2,1-3H3,(H,22,24)(H,23,25). The zero-order valence-electron chi connectivity index (χ0n) is 16.2. The summed E-state index contributed by atoms with van der Waals surface area (Å²) in [4.78, 5) is 35.1. The van der Waals surface area contributed by atoms with Gasteiger partial charge in [0.25, 0.3) is 5.91 Å². The average Bonchev–Trinajstić information content (AvgIpc) is 2.65. The molecule has 2 amide bonds. The van der Waals surface area contributed by atoms with Gasteiger partial charge >= 0.3 is 5.97 Å². The molecule has 8 nitrogen and oxygen atoms in total. The highest BCUT2D eigenvalue weighted by Crippen LogP contribution is 2.28. The summed E-state index contributed by atoms with van der Waals surface area (Å²) in [5.74, 6) is -0.638. The van der Waals surface area contributed by atoms with Crippen LogP contribution in [0.15, 0.2) is 36.4 Å². The summed E-state index contributed by atoms with van der Waals surface area (Å²) in [5, 5.41) is 5.74. The van der Waals surface area contributed by atoms with Gasteiger partial charge in [0.1, 0.15) is 11.5 Å². The van der Waals surface area contributed by atoms with E-state index < -0.39 is 18.5 Å². The monoisotopic (exact) mass is 420 g/mol. The fraction of sp³-hybridized carbons (Fsp3) is 0.250. The highest BCUT2D eigenvalue weighted by Gasteiger charge is 2.13. The Morgan fingerprint density at radius 1 is 1.00 bits per heavy atom. The number of methoxy groups -OCH3 is 1. The van der Waals surface area contributed by atoms with Gasteiger partial charge in [-0.2, -0.15) is 0 Å². The normalized spacial score (nSPS) is 10.1. The van der Waals surface area contributed by atoms with Crippen LogP contribution < -0.4 is 20.1 Å². The number of nitrogens with one attached hydrogen (secondary N) is 2. The number of ether oxygens (including phenoxy) is 3. The van der Waals surface area contributed by atoms with E-state index in [4.69, 9.17) is 25.8 Å². The Bertz CT molecular complexity index is 916. The second-order valence-corrected chi connectivity index (χ2v) is 6.44. The van der Waals surface area contributed by atoms with Crippen molar-refractivity contribution < 1.29 is 28.6 Å². The van der Waals surface area contributed by atoms with E-state index in [1.165, 1.54) is 20.1 Å². The van der Waals surface area contributed by atoms with Gasteiger partial charge in [0.15, 0.2) is 13.2 Å². The van der Waals surface area contributed by atoms with Crippen molar-refractivity contribution in [3.63, 3.8) is 0 Å². The van der Waals surface area contributed by atoms with E-state index in [9.17, 15) is 14.4 Å². The van der Waals surface area contributed by atoms with Crippen LogP contribution in [0.25, 0.3) is 0 Å². The van der Waals surface area contributed by atoms with E-state index in [2.05, 4.69) is 10.6 Å². The molecule has 0 heterocycles. The Morgan fingerprint density at radius 3 is 2.38 bits per heavy atom. The van der Waals surface area contributed by atoms with Crippen molar-refractivity contribution in [1.82, 2.24) is 0 Å². The molecule has 2 aromatic rings. The Labute approximate surface area is 173 Å². The van der Waals surface area contributed by atoms with Gasteiger partial charge in [0, 0.05) is 17.6 Å². The first kappa shape index (κ1) is 22.0. The number of hydrogen-bond acceptors (Lipinski definition) is 6. The lowest BCUT2D eigenvalue weighted by molar-refractivity contribution is -0.149. The summed E-state index contributed by atoms with van der Waals surface area (Å²) in [7, 11) is 1.44. The van der Waals surface area contributed by atoms with Crippen LogP contribution in [0, 0.1) is 6.92 Å². The summed E-state index contributed by atoms with van der Waals surface area (Å²) < 4.78 is 15.5. The molecule has 0 aliphatic heterocycles. The van der Waals surface area contributed by atoms with E-state index >= 15 is 0 Å². The molecule has 0 fully saturated rings. The number of benzene rings is 2. The molecule has 0 aromatic heterocycles. The fourth-order valence-corrected chi connectivity index (χ4v) is 2.60. The van der Waals surface area contributed by atoms with Crippen LogP contribution in [0.3, 0.4) is 0 Å². The molecule has 2 rings (SSSR count). The van der Waals surface area contributed by atoms with Crippen LogP contribution in [-0.2, 0) is 19.1 Å². The van der Waals surface area contributed by atoms with Gasteiger partial charge in [0.05, 0.1) is 12.8 Å². The predicted molar refractivity (Wildman–Crippen MR) is 109 cm³/mol. The maximum atomic E-state index is 12.1. The van der Waals surface area contributed by atoms with Gasteiger partial charge < -0.3 is 24.8 Å². The summed E-state index contributed by atoms with van der Waals surface area (Å²) in [5.41, 5.74) is 1.58. The maximum absolute atomic E-state index is 12.1. The third-order valence-corrected chi connectivity index (χ3v) is 3.88. The first-order valence-corrected chi connectivity index (χ1v) is 8.96. The molecule has 0 aliphatic carbocycles. The van der Waals surface area contributed by atoms with Gasteiger partial charge in [-0.15, -0.1) is 0 Å². The molecule has 0 atom stereocenters. The third-order valence-electron chi connectivity index (χ3n) is 3.64. The highest BCUT2D eigenvalue weighted by atomic mass is 35.5. The molecule has 9 heteroatoms. The van der Waals surface area contributed by atoms with E-state index in [1.54, 1.807) is 37.3 Å². The highest BCUT2D eigenvalue weighted by molar-refractivity contribution is 6.30. The fourth-order valence-electron chi connectivity index (χ4n) is 2.37. The Morgan fingerprint density at radius 2 is 1.72 bits per heavy atom. The van der Waals surface area contributed by atoms with Gasteiger partial charge in [-0.05, 0) is 48.9 Å². The number of amides is 2. The van der Waals surface area contributed by atoms with Crippen molar-refractivity contribution in [2.45, 2.75) is 13.8 Å². The van der Waals surface area contributed by atoms with Crippen molar-refractivity contribution in [2.75, 3.05) is 31.0 Å². The van der Waals surface area contributed by atoms with Crippen molar-refractivity contribution in [3.05, 3.63) is 47.0 Å². The zero-order valence-corrected chi connectivity index (χ0v) is 17.0. The van der Waals surface area contributed by atoms with Crippen molar-refractivity contribution in [2.24, 2.45) is 0 Å². The number of rotatable bonds is 8. The molecule has 0 saturated heterocycles. The predicted octanol–water partition coefficient (Wildman–Crippen LogP) is 3.18. The quantitative estimate of drug-likeness (QED) is 0.636. The van der Waals surface area contributed by atoms with Crippen molar-refractivity contribution in [3.8, 4) is 11.5 Å². The van der Waals surface area contributed by atoms with Crippen LogP contribution in [0.4, 0.5) is 11.4 Å². The molecule has 2 N–H and O–H groups in total. The van der Waals surface area contributed by atoms with E-state index in [0.29, 0.717) is 27.9 Å². The molecule has 0 saturated carbocycles. The summed E-state index contributed by atoms with van der Waals surface area (Å²) in [6.45, 7) is 2.31. The Kier molecular flexibility index (Phi) is 7.85. The summed E-state index contributed by atoms with van der Waals surface area (Å²) in [6.07, 6.45) is 0. The number of aryl methyl sites for hydroxylation is 1. The minimum atomic E-state index is -0.700. The second-order valence-electron chi connectivity index (χ2n) is 6.00. The lowest BCUT2D eigenvalue weighted by Crippen LogP contribution is -2.24. The van der Waals surface area contributed by atoms with Gasteiger partial charge in [-0.3, -0.25) is 9.59 Å². The third kappa shape index (κ3) is 7.00. The molecular formula is C20H21ClN2O6. The van der Waals surface area contributed by atoms with E-state index in [-0.39, 0.29) is 12.5 Å². The minimum Gasteiger partial charge on any atom is -0.495 e. The largest absolute Gasteiger partial charge is 0.495 e. The van der Waals surface area contributed by atoms with E-state index in [1.807, 2.05) is 0 Å². The number of halogens is 1. The smallest absolute Gasteiger partial charge is 0.344 e. The van der Waals surface area contributed by atoms with Crippen LogP contribution in [0.2, 0.25) is 5.02 Å². The lowest BCUT2D eigenvalue weighted by atomic mass is 10.2. The van der Waals surface area contributed by atoms with Gasteiger partial charge in [-0.25, -0.2) is 4.79 Å². The first-order chi connectivity index (χ1) is 13.8. The minimum absolute atomic E-state index is 0.253. The molecule has 2 aromatic carbocycles. The molecule has 0 unspecified atom stereocenters. The number of esters is 1. The van der Waals surface area contributed by atoms with Crippen LogP contribution >= 0.6 is 11.6 Å². The number of anilines is 2. The van der Waals surface area contributed by atoms with Gasteiger partial charge in [-0.1, -0.05) is 11.6 Å². The van der Waals surface area contributed by atoms with Crippen molar-refractivity contribution in [1.29, 1.82) is 0 Å². The van der Waals surface area contributed by atoms with Crippen LogP contribution in [-0.4, -0.2) is 38.1 Å². The number of hydrogen-bond donors (Lipinski definition) is 2. The SMILES string of the molecule is COc1ccc(NC(C)=O)cc1NC(=O)COC(=O)COc1ccc(Cl)cc1C. The second kappa shape index (κ2) is 10.3. The van der Waals surface area contributed by atoms with Crippen LogP contribution in [0.1, 0.15) is 12.5 Å². The topological polar surface area (TPSA) is 103 Å². The maximum Gasteiger partial charge on any atom is 0.344 e. The molecule has 0 bridgehead atoms. The average molecular weight is 421 g/mol. The summed E-state index contributed by atoms with van der Waals surface area (Å²) >= 11 is 5.87. The summed E-state index contributed by atoms with van der Waals surface area (Å²) in [6, 6.07) is 9.75. The van der Waals surface area contributed by atoms with E-state index in [0.717, 1.165) is 5.56 Å². The van der Waals surface area contributed by atoms with Gasteiger partial charge in [0.2, 0.25) is 5.91 Å². The van der Waals surface area contributed by atoms with Crippen LogP contribution in [0.5, 0.6) is 11.5 Å². The number of carbonyl (C=O) groups is 3. The lowest BCUT2D eigenvalue weighted by Gasteiger charge is -2.13. The molecule has 0 radical (unpaired) electrons. The zero-order chi connectivity index (χ0) is 21.4. The number of carbonyl (C=O) groups excluding carboxylic acids is 3.